The maximum Gasteiger partial charge on any atom is 0.136 e. The normalized spacial score (nSPS) is 15.9. The molecule has 0 saturated carbocycles. The van der Waals surface area contributed by atoms with E-state index in [9.17, 15) is 0 Å². The van der Waals surface area contributed by atoms with Crippen LogP contribution in [0.4, 0.5) is 0 Å². The van der Waals surface area contributed by atoms with Crippen LogP contribution in [-0.2, 0) is 14.2 Å². The highest BCUT2D eigenvalue weighted by Gasteiger charge is 2.33. The van der Waals surface area contributed by atoms with Gasteiger partial charge in [0.05, 0.1) is 33.8 Å². The number of para-hydroxylation sites is 1. The summed E-state index contributed by atoms with van der Waals surface area (Å²) in [6.07, 6.45) is 15.9. The van der Waals surface area contributed by atoms with Crippen LogP contribution in [0.1, 0.15) is 33.6 Å². The third-order valence-corrected chi connectivity index (χ3v) is 12.1. The average molecular weight is 613 g/mol. The zero-order valence-electron chi connectivity index (χ0n) is 26.3. The fourth-order valence-corrected chi connectivity index (χ4v) is 10.8. The first-order valence-electron chi connectivity index (χ1n) is 14.4. The van der Waals surface area contributed by atoms with Crippen LogP contribution in [0, 0.1) is 0 Å². The monoisotopic (exact) mass is 612 g/mol. The molecular weight excluding hydrogens is 570 g/mol. The molecule has 224 valence electrons. The van der Waals surface area contributed by atoms with Crippen LogP contribution in [0.15, 0.2) is 142 Å². The minimum absolute atomic E-state index is 0.750. The highest BCUT2D eigenvalue weighted by Crippen LogP contribution is 2.59. The number of allylic oxidation sites excluding steroid dienone is 10. The van der Waals surface area contributed by atoms with Gasteiger partial charge in [-0.15, -0.1) is 0 Å². The molecule has 43 heavy (non-hydrogen) atoms. The molecule has 0 aromatic heterocycles. The summed E-state index contributed by atoms with van der Waals surface area (Å²) in [6.45, 7) is 10.1. The Morgan fingerprint density at radius 2 is 1.60 bits per heavy atom. The van der Waals surface area contributed by atoms with Crippen LogP contribution in [0.3, 0.4) is 0 Å². The standard InChI is InChI=1S/C35H36O4P2.C2H6/c1-7-17-30(26(8-2)36-3)40(31-21-12-9-18-27(31)37-4)34-24-15-16-25-35(34)41(32-22-13-10-19-28(32)38-5)33-23-14-11-20-29(33)39-6;1-2/h7-11,13,15-20,22,24-25H,2,12,21H2,1,3-6H3;1-2H3/b17-7-,30-26-;. The summed E-state index contributed by atoms with van der Waals surface area (Å²) in [5.74, 6) is 3.24. The zero-order valence-corrected chi connectivity index (χ0v) is 28.1. The molecule has 0 N–H and O–H groups in total. The number of hydrogen-bond donors (Lipinski definition) is 0. The second-order valence-corrected chi connectivity index (χ2v) is 13.2. The number of rotatable bonds is 12. The molecule has 6 heteroatoms. The number of ether oxygens (including phenoxy) is 4. The fourth-order valence-electron chi connectivity index (χ4n) is 4.90. The summed E-state index contributed by atoms with van der Waals surface area (Å²) in [5.41, 5.74) is 6.60. The molecule has 0 aliphatic heterocycles. The Morgan fingerprint density at radius 3 is 2.23 bits per heavy atom. The van der Waals surface area contributed by atoms with Crippen molar-refractivity contribution in [2.24, 2.45) is 0 Å². The van der Waals surface area contributed by atoms with Crippen LogP contribution < -0.4 is 20.7 Å². The van der Waals surface area contributed by atoms with Gasteiger partial charge in [-0.3, -0.25) is 0 Å². The van der Waals surface area contributed by atoms with E-state index in [-0.39, 0.29) is 0 Å². The Hall–Kier alpha value is -3.76. The van der Waals surface area contributed by atoms with Crippen molar-refractivity contribution in [3.05, 3.63) is 142 Å². The molecular formula is C37H42O4P2. The highest BCUT2D eigenvalue weighted by molar-refractivity contribution is 7.81. The highest BCUT2D eigenvalue weighted by atomic mass is 31.1. The molecule has 0 radical (unpaired) electrons. The van der Waals surface area contributed by atoms with E-state index < -0.39 is 15.8 Å². The minimum Gasteiger partial charge on any atom is -0.496 e. The van der Waals surface area contributed by atoms with E-state index in [1.807, 2.05) is 45.1 Å². The Bertz CT molecular complexity index is 1540. The van der Waals surface area contributed by atoms with Crippen molar-refractivity contribution >= 4 is 31.8 Å². The quantitative estimate of drug-likeness (QED) is 0.104. The predicted molar refractivity (Wildman–Crippen MR) is 185 cm³/mol. The molecule has 2 unspecified atom stereocenters. The summed E-state index contributed by atoms with van der Waals surface area (Å²) < 4.78 is 23.7. The topological polar surface area (TPSA) is 36.9 Å². The average Bonchev–Trinajstić information content (AvgIpc) is 3.07. The van der Waals surface area contributed by atoms with E-state index in [0.717, 1.165) is 51.8 Å². The van der Waals surface area contributed by atoms with Crippen LogP contribution in [-0.4, -0.2) is 28.4 Å². The van der Waals surface area contributed by atoms with Crippen molar-refractivity contribution in [3.63, 3.8) is 0 Å². The first kappa shape index (κ1) is 33.7. The molecule has 2 aliphatic carbocycles. The van der Waals surface area contributed by atoms with Crippen LogP contribution in [0.2, 0.25) is 0 Å². The van der Waals surface area contributed by atoms with Gasteiger partial charge in [0.25, 0.3) is 0 Å². The van der Waals surface area contributed by atoms with Gasteiger partial charge in [0, 0.05) is 23.9 Å². The van der Waals surface area contributed by atoms with Gasteiger partial charge >= 0.3 is 0 Å². The van der Waals surface area contributed by atoms with Crippen molar-refractivity contribution in [3.8, 4) is 5.75 Å². The lowest BCUT2D eigenvalue weighted by atomic mass is 10.2. The maximum atomic E-state index is 5.97. The van der Waals surface area contributed by atoms with Crippen molar-refractivity contribution in [2.45, 2.75) is 33.6 Å². The fraction of sp³-hybridized carbons (Fsp3) is 0.243. The molecule has 0 saturated heterocycles. The number of hydrogen-bond acceptors (Lipinski definition) is 4. The molecule has 0 amide bonds. The minimum atomic E-state index is -1.17. The molecule has 4 nitrogen and oxygen atoms in total. The van der Waals surface area contributed by atoms with Gasteiger partial charge in [-0.2, -0.15) is 0 Å². The number of methoxy groups -OCH3 is 4. The van der Waals surface area contributed by atoms with E-state index in [0.29, 0.717) is 0 Å². The van der Waals surface area contributed by atoms with E-state index in [1.165, 1.54) is 15.9 Å². The van der Waals surface area contributed by atoms with Crippen LogP contribution in [0.25, 0.3) is 0 Å². The van der Waals surface area contributed by atoms with Crippen LogP contribution >= 0.6 is 15.8 Å². The summed E-state index contributed by atoms with van der Waals surface area (Å²) in [6, 6.07) is 16.9. The molecule has 2 aliphatic rings. The summed E-state index contributed by atoms with van der Waals surface area (Å²) in [7, 11) is 4.61. The number of benzene rings is 2. The third-order valence-electron chi connectivity index (χ3n) is 6.69. The van der Waals surface area contributed by atoms with Crippen molar-refractivity contribution in [1.82, 2.24) is 0 Å². The van der Waals surface area contributed by atoms with Gasteiger partial charge in [0.1, 0.15) is 23.0 Å². The van der Waals surface area contributed by atoms with Gasteiger partial charge in [0.2, 0.25) is 0 Å². The Kier molecular flexibility index (Phi) is 13.6. The Balaban J connectivity index is 0.00000248. The molecule has 2 atom stereocenters. The van der Waals surface area contributed by atoms with Gasteiger partial charge in [-0.25, -0.2) is 0 Å². The molecule has 4 rings (SSSR count). The SMILES string of the molecule is C=C/C(OC)=C(\C=C/C)P(C1=C(OC)C=CCC1)c1ccccc1P(C1=C=C=CC=C1OC)c1ccccc1OC.CC. The molecule has 0 bridgehead atoms. The summed E-state index contributed by atoms with van der Waals surface area (Å²) in [4.78, 5) is 0. The second kappa shape index (κ2) is 17.4. The summed E-state index contributed by atoms with van der Waals surface area (Å²) in [5, 5.41) is 6.77. The first-order valence-corrected chi connectivity index (χ1v) is 17.1. The van der Waals surface area contributed by atoms with Crippen molar-refractivity contribution < 1.29 is 18.9 Å². The lowest BCUT2D eigenvalue weighted by Crippen LogP contribution is -2.28. The molecule has 0 heterocycles. The zero-order chi connectivity index (χ0) is 31.2. The van der Waals surface area contributed by atoms with Crippen molar-refractivity contribution in [2.75, 3.05) is 28.4 Å². The largest absolute Gasteiger partial charge is 0.496 e. The van der Waals surface area contributed by atoms with Crippen LogP contribution in [0.5, 0.6) is 5.75 Å². The van der Waals surface area contributed by atoms with E-state index in [4.69, 9.17) is 18.9 Å². The first-order chi connectivity index (χ1) is 21.1. The third kappa shape index (κ3) is 7.61. The Morgan fingerprint density at radius 1 is 0.907 bits per heavy atom. The molecule has 2 aromatic carbocycles. The van der Waals surface area contributed by atoms with Gasteiger partial charge < -0.3 is 18.9 Å². The second-order valence-electron chi connectivity index (χ2n) is 8.96. The van der Waals surface area contributed by atoms with Gasteiger partial charge in [-0.05, 0) is 68.7 Å². The van der Waals surface area contributed by atoms with Gasteiger partial charge in [-0.1, -0.05) is 92.6 Å². The maximum absolute atomic E-state index is 5.97. The van der Waals surface area contributed by atoms with E-state index in [2.05, 4.69) is 78.7 Å². The van der Waals surface area contributed by atoms with Gasteiger partial charge in [0.15, 0.2) is 0 Å². The van der Waals surface area contributed by atoms with Crippen molar-refractivity contribution in [1.29, 1.82) is 0 Å². The molecule has 0 fully saturated rings. The lowest BCUT2D eigenvalue weighted by molar-refractivity contribution is 0.302. The predicted octanol–water partition coefficient (Wildman–Crippen LogP) is 8.83. The molecule has 0 spiro atoms. The molecule has 2 aromatic rings. The van der Waals surface area contributed by atoms with E-state index in [1.54, 1.807) is 34.5 Å². The van der Waals surface area contributed by atoms with E-state index >= 15 is 0 Å². The summed E-state index contributed by atoms with van der Waals surface area (Å²) >= 11 is 0. The smallest absolute Gasteiger partial charge is 0.136 e. The lowest BCUT2D eigenvalue weighted by Gasteiger charge is -2.32. The Labute approximate surface area is 260 Å².